The third kappa shape index (κ3) is 4.58. The minimum Gasteiger partial charge on any atom is -0.507 e. The Morgan fingerprint density at radius 1 is 1.29 bits per heavy atom. The quantitative estimate of drug-likeness (QED) is 0.604. The monoisotopic (exact) mass is 390 g/mol. The topological polar surface area (TPSA) is 70.9 Å². The van der Waals surface area contributed by atoms with Crippen LogP contribution in [-0.2, 0) is 4.79 Å². The van der Waals surface area contributed by atoms with Crippen molar-refractivity contribution in [2.45, 2.75) is 20.8 Å². The van der Waals surface area contributed by atoms with E-state index in [1.807, 2.05) is 32.0 Å². The Balaban J connectivity index is 1.93. The van der Waals surface area contributed by atoms with E-state index in [1.54, 1.807) is 19.1 Å². The highest BCUT2D eigenvalue weighted by atomic mass is 79.9. The maximum absolute atomic E-state index is 11.8. The molecule has 0 aliphatic carbocycles. The lowest BCUT2D eigenvalue weighted by Crippen LogP contribution is -2.24. The Bertz CT molecular complexity index is 788. The van der Waals surface area contributed by atoms with Crippen molar-refractivity contribution in [3.63, 3.8) is 0 Å². The number of carbonyl (C=O) groups excluding carboxylic acids is 1. The number of rotatable bonds is 5. The zero-order valence-electron chi connectivity index (χ0n) is 13.8. The number of ether oxygens (including phenoxy) is 1. The van der Waals surface area contributed by atoms with Crippen molar-refractivity contribution in [3.8, 4) is 11.5 Å². The number of phenols is 1. The Kier molecular flexibility index (Phi) is 5.98. The van der Waals surface area contributed by atoms with Crippen LogP contribution in [0.25, 0.3) is 0 Å². The van der Waals surface area contributed by atoms with Crippen LogP contribution in [0, 0.1) is 20.8 Å². The summed E-state index contributed by atoms with van der Waals surface area (Å²) in [6.07, 6.45) is 1.39. The molecule has 0 aromatic heterocycles. The van der Waals surface area contributed by atoms with Crippen LogP contribution in [0.15, 0.2) is 39.9 Å². The molecule has 6 heteroatoms. The number of carbonyl (C=O) groups is 1. The first-order valence-electron chi connectivity index (χ1n) is 7.38. The highest BCUT2D eigenvalue weighted by Gasteiger charge is 2.06. The molecule has 2 aromatic rings. The van der Waals surface area contributed by atoms with E-state index in [1.165, 1.54) is 6.21 Å². The van der Waals surface area contributed by atoms with E-state index in [0.29, 0.717) is 11.3 Å². The van der Waals surface area contributed by atoms with Gasteiger partial charge in [0.25, 0.3) is 5.91 Å². The molecule has 0 aliphatic heterocycles. The van der Waals surface area contributed by atoms with Crippen molar-refractivity contribution in [2.75, 3.05) is 6.61 Å². The van der Waals surface area contributed by atoms with Crippen LogP contribution < -0.4 is 10.2 Å². The van der Waals surface area contributed by atoms with Crippen molar-refractivity contribution in [3.05, 3.63) is 57.1 Å². The fraction of sp³-hybridized carbons (Fsp3) is 0.222. The van der Waals surface area contributed by atoms with Gasteiger partial charge in [-0.3, -0.25) is 4.79 Å². The van der Waals surface area contributed by atoms with Gasteiger partial charge in [-0.25, -0.2) is 5.43 Å². The number of nitrogens with zero attached hydrogens (tertiary/aromatic N) is 1. The van der Waals surface area contributed by atoms with Gasteiger partial charge in [-0.1, -0.05) is 28.1 Å². The van der Waals surface area contributed by atoms with Crippen LogP contribution in [0.2, 0.25) is 0 Å². The summed E-state index contributed by atoms with van der Waals surface area (Å²) in [6, 6.07) is 9.19. The van der Waals surface area contributed by atoms with Crippen LogP contribution >= 0.6 is 15.9 Å². The molecule has 0 unspecified atom stereocenters. The van der Waals surface area contributed by atoms with E-state index in [2.05, 4.69) is 26.5 Å². The third-order valence-corrected chi connectivity index (χ3v) is 4.06. The molecule has 2 aromatic carbocycles. The molecule has 0 fully saturated rings. The minimum atomic E-state index is -0.377. The van der Waals surface area contributed by atoms with E-state index in [0.717, 1.165) is 21.2 Å². The largest absolute Gasteiger partial charge is 0.507 e. The second-order valence-electron chi connectivity index (χ2n) is 5.44. The molecule has 0 radical (unpaired) electrons. The summed E-state index contributed by atoms with van der Waals surface area (Å²) in [6.45, 7) is 5.58. The molecule has 0 bridgehead atoms. The third-order valence-electron chi connectivity index (χ3n) is 3.60. The first kappa shape index (κ1) is 18.0. The molecule has 126 valence electrons. The van der Waals surface area contributed by atoms with Crippen molar-refractivity contribution < 1.29 is 14.6 Å². The number of aromatic hydroxyl groups is 1. The number of hydrogen-bond acceptors (Lipinski definition) is 4. The van der Waals surface area contributed by atoms with Crippen LogP contribution in [0.1, 0.15) is 22.3 Å². The Morgan fingerprint density at radius 3 is 2.79 bits per heavy atom. The molecule has 1 amide bonds. The molecule has 0 spiro atoms. The van der Waals surface area contributed by atoms with E-state index < -0.39 is 0 Å². The first-order chi connectivity index (χ1) is 11.4. The molecule has 0 saturated heterocycles. The van der Waals surface area contributed by atoms with E-state index in [-0.39, 0.29) is 18.3 Å². The highest BCUT2D eigenvalue weighted by molar-refractivity contribution is 9.10. The second-order valence-corrected chi connectivity index (χ2v) is 6.36. The maximum atomic E-state index is 11.8. The van der Waals surface area contributed by atoms with Gasteiger partial charge in [0, 0.05) is 10.0 Å². The van der Waals surface area contributed by atoms with Crippen LogP contribution in [-0.4, -0.2) is 23.8 Å². The van der Waals surface area contributed by atoms with Gasteiger partial charge in [0.05, 0.1) is 6.21 Å². The first-order valence-corrected chi connectivity index (χ1v) is 8.18. The summed E-state index contributed by atoms with van der Waals surface area (Å²) in [5.74, 6) is 0.426. The molecule has 2 N–H and O–H groups in total. The smallest absolute Gasteiger partial charge is 0.277 e. The number of hydrazone groups is 1. The number of halogens is 1. The zero-order chi connectivity index (χ0) is 17.7. The summed E-state index contributed by atoms with van der Waals surface area (Å²) >= 11 is 3.35. The van der Waals surface area contributed by atoms with Crippen LogP contribution in [0.3, 0.4) is 0 Å². The molecule has 2 rings (SSSR count). The zero-order valence-corrected chi connectivity index (χ0v) is 15.3. The fourth-order valence-electron chi connectivity index (χ4n) is 2.09. The average Bonchev–Trinajstić information content (AvgIpc) is 2.53. The maximum Gasteiger partial charge on any atom is 0.277 e. The fourth-order valence-corrected chi connectivity index (χ4v) is 2.68. The highest BCUT2D eigenvalue weighted by Crippen LogP contribution is 2.25. The second kappa shape index (κ2) is 7.97. The summed E-state index contributed by atoms with van der Waals surface area (Å²) in [5.41, 5.74) is 5.72. The summed E-state index contributed by atoms with van der Waals surface area (Å²) in [4.78, 5) is 11.8. The predicted molar refractivity (Wildman–Crippen MR) is 97.7 cm³/mol. The lowest BCUT2D eigenvalue weighted by atomic mass is 10.1. The number of benzene rings is 2. The van der Waals surface area contributed by atoms with Gasteiger partial charge in [0.2, 0.25) is 0 Å². The van der Waals surface area contributed by atoms with Gasteiger partial charge in [-0.15, -0.1) is 0 Å². The van der Waals surface area contributed by atoms with Crippen molar-refractivity contribution >= 4 is 28.1 Å². The number of phenolic OH excluding ortho intramolecular Hbond substituents is 1. The van der Waals surface area contributed by atoms with Crippen molar-refractivity contribution in [1.82, 2.24) is 5.43 Å². The normalized spacial score (nSPS) is 10.8. The summed E-state index contributed by atoms with van der Waals surface area (Å²) in [7, 11) is 0. The van der Waals surface area contributed by atoms with Crippen molar-refractivity contribution in [1.29, 1.82) is 0 Å². The van der Waals surface area contributed by atoms with Gasteiger partial charge >= 0.3 is 0 Å². The van der Waals surface area contributed by atoms with Crippen molar-refractivity contribution in [2.24, 2.45) is 5.10 Å². The molecule has 0 aliphatic rings. The molecule has 24 heavy (non-hydrogen) atoms. The number of hydrogen-bond donors (Lipinski definition) is 2. The van der Waals surface area contributed by atoms with E-state index >= 15 is 0 Å². The predicted octanol–water partition coefficient (Wildman–Crippen LogP) is 3.61. The van der Waals surface area contributed by atoms with Gasteiger partial charge in [0.1, 0.15) is 11.5 Å². The standard InChI is InChI=1S/C18H19BrN2O3/c1-11-5-4-6-16(13(11)3)24-10-17(22)21-20-9-14-8-15(19)7-12(2)18(14)23/h4-9,23H,10H2,1-3H3,(H,21,22)/b20-9+. The molecule has 0 saturated carbocycles. The molecule has 5 nitrogen and oxygen atoms in total. The average molecular weight is 391 g/mol. The molecular formula is C18H19BrN2O3. The lowest BCUT2D eigenvalue weighted by Gasteiger charge is -2.09. The van der Waals surface area contributed by atoms with Gasteiger partial charge in [-0.05, 0) is 55.7 Å². The van der Waals surface area contributed by atoms with Crippen LogP contribution in [0.4, 0.5) is 0 Å². The van der Waals surface area contributed by atoms with Gasteiger partial charge in [0.15, 0.2) is 6.61 Å². The van der Waals surface area contributed by atoms with E-state index in [4.69, 9.17) is 4.74 Å². The van der Waals surface area contributed by atoms with Gasteiger partial charge < -0.3 is 9.84 Å². The lowest BCUT2D eigenvalue weighted by molar-refractivity contribution is -0.123. The Labute approximate surface area is 149 Å². The van der Waals surface area contributed by atoms with E-state index in [9.17, 15) is 9.90 Å². The molecule has 0 heterocycles. The number of aryl methyl sites for hydroxylation is 2. The number of nitrogens with one attached hydrogen (secondary N) is 1. The summed E-state index contributed by atoms with van der Waals surface area (Å²) < 4.78 is 6.32. The summed E-state index contributed by atoms with van der Waals surface area (Å²) in [5, 5.41) is 13.8. The Morgan fingerprint density at radius 2 is 2.04 bits per heavy atom. The van der Waals surface area contributed by atoms with Gasteiger partial charge in [-0.2, -0.15) is 5.10 Å². The number of amides is 1. The van der Waals surface area contributed by atoms with Crippen LogP contribution in [0.5, 0.6) is 11.5 Å². The molecular weight excluding hydrogens is 372 g/mol. The SMILES string of the molecule is Cc1cccc(OCC(=O)N/N=C/c2cc(Br)cc(C)c2O)c1C. The Hall–Kier alpha value is -2.34. The minimum absolute atomic E-state index is 0.128. The molecule has 0 atom stereocenters.